The van der Waals surface area contributed by atoms with Crippen molar-refractivity contribution in [1.82, 2.24) is 10.6 Å². The van der Waals surface area contributed by atoms with Gasteiger partial charge in [0.15, 0.2) is 0 Å². The van der Waals surface area contributed by atoms with E-state index in [-0.39, 0.29) is 30.1 Å². The van der Waals surface area contributed by atoms with Crippen LogP contribution in [0, 0.1) is 5.92 Å². The van der Waals surface area contributed by atoms with E-state index in [0.29, 0.717) is 13.0 Å². The summed E-state index contributed by atoms with van der Waals surface area (Å²) in [7, 11) is 0. The van der Waals surface area contributed by atoms with Crippen molar-refractivity contribution in [3.63, 3.8) is 0 Å². The van der Waals surface area contributed by atoms with E-state index in [1.54, 1.807) is 0 Å². The van der Waals surface area contributed by atoms with Gasteiger partial charge in [0.25, 0.3) is 0 Å². The van der Waals surface area contributed by atoms with Crippen molar-refractivity contribution in [2.75, 3.05) is 18.4 Å². The first-order valence-electron chi connectivity index (χ1n) is 9.13. The molecule has 0 spiro atoms. The van der Waals surface area contributed by atoms with Crippen LogP contribution in [0.15, 0.2) is 60.7 Å². The van der Waals surface area contributed by atoms with E-state index in [0.717, 1.165) is 30.6 Å². The van der Waals surface area contributed by atoms with E-state index in [1.807, 2.05) is 60.7 Å². The Morgan fingerprint density at radius 1 is 1.04 bits per heavy atom. The second-order valence-corrected chi connectivity index (χ2v) is 6.65. The second kappa shape index (κ2) is 10.7. The molecule has 144 valence electrons. The molecule has 1 aliphatic heterocycles. The van der Waals surface area contributed by atoms with Gasteiger partial charge in [0, 0.05) is 18.7 Å². The maximum absolute atomic E-state index is 12.8. The first-order chi connectivity index (χ1) is 12.7. The lowest BCUT2D eigenvalue weighted by atomic mass is 9.97. The zero-order valence-corrected chi connectivity index (χ0v) is 16.0. The molecule has 0 saturated carbocycles. The lowest BCUT2D eigenvalue weighted by Crippen LogP contribution is -2.49. The number of halogens is 1. The third kappa shape index (κ3) is 6.38. The Labute approximate surface area is 166 Å². The number of hydrogen-bond donors (Lipinski definition) is 3. The Balaban J connectivity index is 0.00000261. The molecule has 1 fully saturated rings. The van der Waals surface area contributed by atoms with Crippen molar-refractivity contribution >= 4 is 29.9 Å². The SMILES string of the molecule is Cl.O=C(NC(Cc1ccccc1)C(=O)Nc1ccccc1)C1CCCNC1. The third-order valence-corrected chi connectivity index (χ3v) is 4.62. The van der Waals surface area contributed by atoms with Gasteiger partial charge in [-0.1, -0.05) is 48.5 Å². The van der Waals surface area contributed by atoms with Gasteiger partial charge >= 0.3 is 0 Å². The van der Waals surface area contributed by atoms with E-state index in [2.05, 4.69) is 16.0 Å². The lowest BCUT2D eigenvalue weighted by Gasteiger charge is -2.25. The first kappa shape index (κ1) is 20.9. The summed E-state index contributed by atoms with van der Waals surface area (Å²) in [5, 5.41) is 9.11. The van der Waals surface area contributed by atoms with Crippen LogP contribution < -0.4 is 16.0 Å². The lowest BCUT2D eigenvalue weighted by molar-refractivity contribution is -0.129. The highest BCUT2D eigenvalue weighted by Crippen LogP contribution is 2.13. The van der Waals surface area contributed by atoms with Gasteiger partial charge in [-0.15, -0.1) is 12.4 Å². The second-order valence-electron chi connectivity index (χ2n) is 6.65. The van der Waals surface area contributed by atoms with Gasteiger partial charge in [-0.3, -0.25) is 9.59 Å². The standard InChI is InChI=1S/C21H25N3O2.ClH/c25-20(17-10-7-13-22-15-17)24-19(14-16-8-3-1-4-9-16)21(26)23-18-11-5-2-6-12-18;/h1-6,8-9,11-12,17,19,22H,7,10,13-15H2,(H,23,26)(H,24,25);1H. The van der Waals surface area contributed by atoms with Crippen LogP contribution in [0.3, 0.4) is 0 Å². The molecule has 2 atom stereocenters. The predicted octanol–water partition coefficient (Wildman–Crippen LogP) is 2.77. The Morgan fingerprint density at radius 2 is 1.70 bits per heavy atom. The molecule has 5 nitrogen and oxygen atoms in total. The number of para-hydroxylation sites is 1. The summed E-state index contributed by atoms with van der Waals surface area (Å²) >= 11 is 0. The van der Waals surface area contributed by atoms with Gasteiger partial charge in [0.2, 0.25) is 11.8 Å². The van der Waals surface area contributed by atoms with Gasteiger partial charge in [-0.05, 0) is 37.1 Å². The first-order valence-corrected chi connectivity index (χ1v) is 9.13. The molecule has 6 heteroatoms. The highest BCUT2D eigenvalue weighted by molar-refractivity contribution is 5.97. The fourth-order valence-corrected chi connectivity index (χ4v) is 3.18. The highest BCUT2D eigenvalue weighted by Gasteiger charge is 2.27. The molecule has 2 amide bonds. The van der Waals surface area contributed by atoms with Crippen LogP contribution in [0.2, 0.25) is 0 Å². The van der Waals surface area contributed by atoms with Gasteiger partial charge in [0.05, 0.1) is 5.92 Å². The van der Waals surface area contributed by atoms with E-state index in [1.165, 1.54) is 0 Å². The smallest absolute Gasteiger partial charge is 0.247 e. The maximum atomic E-state index is 12.8. The van der Waals surface area contributed by atoms with E-state index >= 15 is 0 Å². The number of nitrogens with one attached hydrogen (secondary N) is 3. The molecular weight excluding hydrogens is 362 g/mol. The molecule has 2 aromatic rings. The van der Waals surface area contributed by atoms with Crippen LogP contribution in [0.5, 0.6) is 0 Å². The summed E-state index contributed by atoms with van der Waals surface area (Å²) in [5.41, 5.74) is 1.74. The van der Waals surface area contributed by atoms with Crippen molar-refractivity contribution in [2.24, 2.45) is 5.92 Å². The number of rotatable bonds is 6. The average molecular weight is 388 g/mol. The molecule has 3 N–H and O–H groups in total. The number of benzene rings is 2. The number of hydrogen-bond acceptors (Lipinski definition) is 3. The summed E-state index contributed by atoms with van der Waals surface area (Å²) in [6.45, 7) is 1.62. The van der Waals surface area contributed by atoms with Crippen LogP contribution in [0.4, 0.5) is 5.69 Å². The van der Waals surface area contributed by atoms with Gasteiger partial charge < -0.3 is 16.0 Å². The Kier molecular flexibility index (Phi) is 8.30. The van der Waals surface area contributed by atoms with Gasteiger partial charge in [0.1, 0.15) is 6.04 Å². The summed E-state index contributed by atoms with van der Waals surface area (Å²) < 4.78 is 0. The topological polar surface area (TPSA) is 70.2 Å². The summed E-state index contributed by atoms with van der Waals surface area (Å²) in [6.07, 6.45) is 2.31. The Hall–Kier alpha value is -2.37. The number of carbonyl (C=O) groups excluding carboxylic acids is 2. The molecule has 1 saturated heterocycles. The monoisotopic (exact) mass is 387 g/mol. The average Bonchev–Trinajstić information content (AvgIpc) is 2.69. The molecule has 0 bridgehead atoms. The third-order valence-electron chi connectivity index (χ3n) is 4.62. The minimum atomic E-state index is -0.605. The summed E-state index contributed by atoms with van der Waals surface area (Å²) in [6, 6.07) is 18.5. The Bertz CT molecular complexity index is 719. The predicted molar refractivity (Wildman–Crippen MR) is 110 cm³/mol. The fourth-order valence-electron chi connectivity index (χ4n) is 3.18. The molecule has 1 aliphatic rings. The van der Waals surface area contributed by atoms with Crippen molar-refractivity contribution in [2.45, 2.75) is 25.3 Å². The van der Waals surface area contributed by atoms with Crippen molar-refractivity contribution < 1.29 is 9.59 Å². The van der Waals surface area contributed by atoms with Crippen LogP contribution in [-0.2, 0) is 16.0 Å². The summed E-state index contributed by atoms with van der Waals surface area (Å²) in [5.74, 6) is -0.329. The fraction of sp³-hybridized carbons (Fsp3) is 0.333. The molecule has 0 aliphatic carbocycles. The normalized spacial score (nSPS) is 17.3. The van der Waals surface area contributed by atoms with Gasteiger partial charge in [-0.2, -0.15) is 0 Å². The number of piperidine rings is 1. The molecule has 0 aromatic heterocycles. The zero-order valence-electron chi connectivity index (χ0n) is 15.2. The Morgan fingerprint density at radius 3 is 2.33 bits per heavy atom. The van der Waals surface area contributed by atoms with Crippen molar-refractivity contribution in [1.29, 1.82) is 0 Å². The quantitative estimate of drug-likeness (QED) is 0.713. The van der Waals surface area contributed by atoms with Crippen LogP contribution in [-0.4, -0.2) is 30.9 Å². The highest BCUT2D eigenvalue weighted by atomic mass is 35.5. The molecule has 2 unspecified atom stereocenters. The van der Waals surface area contributed by atoms with Crippen LogP contribution in [0.1, 0.15) is 18.4 Å². The molecular formula is C21H26ClN3O2. The minimum absolute atomic E-state index is 0. The minimum Gasteiger partial charge on any atom is -0.344 e. The number of amides is 2. The molecule has 3 rings (SSSR count). The van der Waals surface area contributed by atoms with Crippen LogP contribution >= 0.6 is 12.4 Å². The van der Waals surface area contributed by atoms with E-state index < -0.39 is 6.04 Å². The van der Waals surface area contributed by atoms with Crippen molar-refractivity contribution in [3.8, 4) is 0 Å². The number of carbonyl (C=O) groups is 2. The van der Waals surface area contributed by atoms with Crippen LogP contribution in [0.25, 0.3) is 0 Å². The largest absolute Gasteiger partial charge is 0.344 e. The molecule has 0 radical (unpaired) electrons. The molecule has 27 heavy (non-hydrogen) atoms. The van der Waals surface area contributed by atoms with Gasteiger partial charge in [-0.25, -0.2) is 0 Å². The summed E-state index contributed by atoms with van der Waals surface area (Å²) in [4.78, 5) is 25.4. The van der Waals surface area contributed by atoms with E-state index in [4.69, 9.17) is 0 Å². The molecule has 1 heterocycles. The molecule has 2 aromatic carbocycles. The van der Waals surface area contributed by atoms with E-state index in [9.17, 15) is 9.59 Å². The van der Waals surface area contributed by atoms with Crippen molar-refractivity contribution in [3.05, 3.63) is 66.2 Å². The number of anilines is 1. The zero-order chi connectivity index (χ0) is 18.2. The maximum Gasteiger partial charge on any atom is 0.247 e.